The number of nitrogens with one attached hydrogen (secondary N) is 1. The van der Waals surface area contributed by atoms with Crippen LogP contribution in [0.2, 0.25) is 0 Å². The summed E-state index contributed by atoms with van der Waals surface area (Å²) < 4.78 is 0. The number of hydrogen-bond donors (Lipinski definition) is 1. The van der Waals surface area contributed by atoms with Gasteiger partial charge in [-0.25, -0.2) is 0 Å². The molecule has 1 heterocycles. The summed E-state index contributed by atoms with van der Waals surface area (Å²) in [5.41, 5.74) is 3.14. The lowest BCUT2D eigenvalue weighted by molar-refractivity contribution is 0.729. The Morgan fingerprint density at radius 2 is 2.29 bits per heavy atom. The molecule has 0 amide bonds. The molecule has 1 aromatic rings. The van der Waals surface area contributed by atoms with E-state index >= 15 is 0 Å². The molecule has 1 N–H and O–H groups in total. The molecule has 0 atom stereocenters. The maximum atomic E-state index is 5.69. The molecular formula is C9H11Cl2N3. The molecule has 0 fully saturated rings. The van der Waals surface area contributed by atoms with E-state index in [1.54, 1.807) is 12.4 Å². The molecule has 0 bridgehead atoms. The molecule has 1 aromatic heterocycles. The van der Waals surface area contributed by atoms with Crippen molar-refractivity contribution in [1.82, 2.24) is 15.3 Å². The maximum Gasteiger partial charge on any atom is 0.0724 e. The first-order valence-corrected chi connectivity index (χ1v) is 4.97. The number of hydrogen-bond acceptors (Lipinski definition) is 3. The third kappa shape index (κ3) is 4.05. The average Bonchev–Trinajstić information content (AvgIpc) is 2.21. The van der Waals surface area contributed by atoms with E-state index in [-0.39, 0.29) is 0 Å². The Morgan fingerprint density at radius 1 is 1.50 bits per heavy atom. The largest absolute Gasteiger partial charge is 0.306 e. The fourth-order valence-electron chi connectivity index (χ4n) is 0.859. The van der Waals surface area contributed by atoms with Crippen molar-refractivity contribution in [3.63, 3.8) is 0 Å². The minimum Gasteiger partial charge on any atom is -0.306 e. The minimum absolute atomic E-state index is 0.542. The smallest absolute Gasteiger partial charge is 0.0724 e. The van der Waals surface area contributed by atoms with Crippen molar-refractivity contribution in [2.24, 2.45) is 0 Å². The Bertz CT molecular complexity index is 308. The third-order valence-corrected chi connectivity index (χ3v) is 2.17. The number of aryl methyl sites for hydroxylation is 1. The molecule has 0 spiro atoms. The Hall–Kier alpha value is -0.640. The number of aromatic nitrogens is 2. The van der Waals surface area contributed by atoms with E-state index < -0.39 is 0 Å². The third-order valence-electron chi connectivity index (χ3n) is 1.55. The monoisotopic (exact) mass is 231 g/mol. The van der Waals surface area contributed by atoms with Crippen molar-refractivity contribution in [3.05, 3.63) is 34.3 Å². The van der Waals surface area contributed by atoms with E-state index in [4.69, 9.17) is 23.2 Å². The van der Waals surface area contributed by atoms with Crippen LogP contribution < -0.4 is 5.32 Å². The highest BCUT2D eigenvalue weighted by Crippen LogP contribution is 2.01. The molecule has 0 saturated heterocycles. The molecule has 14 heavy (non-hydrogen) atoms. The first kappa shape index (κ1) is 11.4. The maximum absolute atomic E-state index is 5.69. The van der Waals surface area contributed by atoms with Gasteiger partial charge in [-0.2, -0.15) is 0 Å². The number of halogens is 2. The molecule has 76 valence electrons. The van der Waals surface area contributed by atoms with Gasteiger partial charge in [-0.1, -0.05) is 23.2 Å². The molecule has 0 saturated carbocycles. The summed E-state index contributed by atoms with van der Waals surface area (Å²) in [5, 5.41) is 3.66. The van der Waals surface area contributed by atoms with Gasteiger partial charge >= 0.3 is 0 Å². The summed E-state index contributed by atoms with van der Waals surface area (Å²) in [4.78, 5) is 8.30. The van der Waals surface area contributed by atoms with Gasteiger partial charge in [0.25, 0.3) is 0 Å². The number of rotatable bonds is 4. The highest BCUT2D eigenvalue weighted by molar-refractivity contribution is 6.36. The van der Waals surface area contributed by atoms with Crippen LogP contribution >= 0.6 is 23.2 Å². The SMILES string of the molecule is Cc1cnc(CNCC(Cl)=CCl)cn1. The van der Waals surface area contributed by atoms with Crippen molar-refractivity contribution in [3.8, 4) is 0 Å². The molecule has 0 radical (unpaired) electrons. The zero-order valence-corrected chi connectivity index (χ0v) is 9.31. The standard InChI is InChI=1S/C9H11Cl2N3/c1-7-3-14-9(6-13-7)5-12-4-8(11)2-10/h2-3,6,12H,4-5H2,1H3. The summed E-state index contributed by atoms with van der Waals surface area (Å²) in [5.74, 6) is 0. The molecule has 0 aliphatic rings. The predicted molar refractivity (Wildman–Crippen MR) is 58.3 cm³/mol. The summed E-state index contributed by atoms with van der Waals surface area (Å²) >= 11 is 11.1. The van der Waals surface area contributed by atoms with Crippen LogP contribution in [-0.2, 0) is 6.54 Å². The van der Waals surface area contributed by atoms with Crippen LogP contribution in [0.4, 0.5) is 0 Å². The summed E-state index contributed by atoms with van der Waals surface area (Å²) in [6.07, 6.45) is 3.47. The fourth-order valence-corrected chi connectivity index (χ4v) is 1.03. The molecule has 0 aromatic carbocycles. The summed E-state index contributed by atoms with van der Waals surface area (Å²) in [6, 6.07) is 0. The van der Waals surface area contributed by atoms with Gasteiger partial charge in [0, 0.05) is 36.1 Å². The lowest BCUT2D eigenvalue weighted by atomic mass is 10.4. The van der Waals surface area contributed by atoms with Crippen LogP contribution in [0.3, 0.4) is 0 Å². The average molecular weight is 232 g/mol. The minimum atomic E-state index is 0.542. The molecule has 3 nitrogen and oxygen atoms in total. The van der Waals surface area contributed by atoms with E-state index in [1.807, 2.05) is 6.92 Å². The Morgan fingerprint density at radius 3 is 2.86 bits per heavy atom. The van der Waals surface area contributed by atoms with Crippen molar-refractivity contribution >= 4 is 23.2 Å². The predicted octanol–water partition coefficient (Wildman–Crippen LogP) is 2.19. The van der Waals surface area contributed by atoms with Gasteiger partial charge in [-0.3, -0.25) is 9.97 Å². The van der Waals surface area contributed by atoms with Crippen molar-refractivity contribution < 1.29 is 0 Å². The highest BCUT2D eigenvalue weighted by Gasteiger charge is 1.95. The topological polar surface area (TPSA) is 37.8 Å². The second-order valence-corrected chi connectivity index (χ2v) is 3.51. The number of nitrogens with zero attached hydrogens (tertiary/aromatic N) is 2. The quantitative estimate of drug-likeness (QED) is 0.864. The van der Waals surface area contributed by atoms with E-state index in [0.29, 0.717) is 18.1 Å². The van der Waals surface area contributed by atoms with Gasteiger partial charge < -0.3 is 5.32 Å². The van der Waals surface area contributed by atoms with Crippen LogP contribution in [-0.4, -0.2) is 16.5 Å². The van der Waals surface area contributed by atoms with Crippen LogP contribution in [0.5, 0.6) is 0 Å². The first-order valence-electron chi connectivity index (χ1n) is 4.15. The van der Waals surface area contributed by atoms with E-state index in [2.05, 4.69) is 15.3 Å². The zero-order valence-electron chi connectivity index (χ0n) is 7.80. The van der Waals surface area contributed by atoms with E-state index in [1.165, 1.54) is 5.54 Å². The first-order chi connectivity index (χ1) is 6.72. The Kier molecular flexibility index (Phi) is 4.87. The van der Waals surface area contributed by atoms with Gasteiger partial charge in [0.15, 0.2) is 0 Å². The van der Waals surface area contributed by atoms with Gasteiger partial charge in [0.2, 0.25) is 0 Å². The lowest BCUT2D eigenvalue weighted by Gasteiger charge is -2.02. The van der Waals surface area contributed by atoms with Crippen molar-refractivity contribution in [2.45, 2.75) is 13.5 Å². The van der Waals surface area contributed by atoms with Crippen LogP contribution in [0.15, 0.2) is 23.0 Å². The van der Waals surface area contributed by atoms with Gasteiger partial charge in [-0.15, -0.1) is 0 Å². The molecule has 1 rings (SSSR count). The van der Waals surface area contributed by atoms with Gasteiger partial charge in [-0.05, 0) is 6.92 Å². The molecule has 0 aliphatic carbocycles. The van der Waals surface area contributed by atoms with E-state index in [9.17, 15) is 0 Å². The molecule has 0 aliphatic heterocycles. The second kappa shape index (κ2) is 5.96. The van der Waals surface area contributed by atoms with Crippen LogP contribution in [0.1, 0.15) is 11.4 Å². The van der Waals surface area contributed by atoms with Crippen LogP contribution in [0, 0.1) is 6.92 Å². The fraction of sp³-hybridized carbons (Fsp3) is 0.333. The lowest BCUT2D eigenvalue weighted by Crippen LogP contribution is -2.15. The highest BCUT2D eigenvalue weighted by atomic mass is 35.5. The molecule has 0 unspecified atom stereocenters. The van der Waals surface area contributed by atoms with Gasteiger partial charge in [0.1, 0.15) is 0 Å². The Balaban J connectivity index is 2.35. The summed E-state index contributed by atoms with van der Waals surface area (Å²) in [7, 11) is 0. The summed E-state index contributed by atoms with van der Waals surface area (Å²) in [6.45, 7) is 3.08. The molecular weight excluding hydrogens is 221 g/mol. The van der Waals surface area contributed by atoms with Crippen molar-refractivity contribution in [1.29, 1.82) is 0 Å². The van der Waals surface area contributed by atoms with Crippen molar-refractivity contribution in [2.75, 3.05) is 6.54 Å². The van der Waals surface area contributed by atoms with Crippen LogP contribution in [0.25, 0.3) is 0 Å². The second-order valence-electron chi connectivity index (χ2n) is 2.81. The Labute approximate surface area is 93.2 Å². The zero-order chi connectivity index (χ0) is 10.4. The molecule has 5 heteroatoms. The van der Waals surface area contributed by atoms with Gasteiger partial charge in [0.05, 0.1) is 11.4 Å². The normalized spacial score (nSPS) is 11.8. The van der Waals surface area contributed by atoms with E-state index in [0.717, 1.165) is 11.4 Å².